The molecule has 0 bridgehead atoms. The van der Waals surface area contributed by atoms with E-state index in [4.69, 9.17) is 0 Å². The smallest absolute Gasteiger partial charge is 0.149 e. The van der Waals surface area contributed by atoms with Gasteiger partial charge in [-0.2, -0.15) is 0 Å². The molecular formula is C13H11N3. The third-order valence-electron chi connectivity index (χ3n) is 2.41. The van der Waals surface area contributed by atoms with Gasteiger partial charge in [-0.3, -0.25) is 0 Å². The zero-order valence-electron chi connectivity index (χ0n) is 8.67. The van der Waals surface area contributed by atoms with E-state index in [2.05, 4.69) is 10.3 Å². The van der Waals surface area contributed by atoms with Crippen LogP contribution in [0.3, 0.4) is 0 Å². The number of rotatable bonds is 2. The molecule has 0 aliphatic carbocycles. The minimum atomic E-state index is 0.859. The van der Waals surface area contributed by atoms with Gasteiger partial charge in [-0.1, -0.05) is 24.3 Å². The highest BCUT2D eigenvalue weighted by Gasteiger charge is 1.99. The van der Waals surface area contributed by atoms with Gasteiger partial charge in [0.05, 0.1) is 6.20 Å². The second-order valence-corrected chi connectivity index (χ2v) is 3.58. The molecule has 0 unspecified atom stereocenters. The number of hydrogen-bond donors (Lipinski definition) is 1. The quantitative estimate of drug-likeness (QED) is 0.702. The Balaban J connectivity index is 1.95. The Kier molecular flexibility index (Phi) is 2.07. The van der Waals surface area contributed by atoms with Crippen molar-refractivity contribution in [1.29, 1.82) is 0 Å². The van der Waals surface area contributed by atoms with Crippen molar-refractivity contribution in [1.82, 2.24) is 9.38 Å². The fourth-order valence-electron chi connectivity index (χ4n) is 1.66. The van der Waals surface area contributed by atoms with Gasteiger partial charge in [0.25, 0.3) is 0 Å². The summed E-state index contributed by atoms with van der Waals surface area (Å²) in [6.45, 7) is 0. The molecular weight excluding hydrogens is 198 g/mol. The second kappa shape index (κ2) is 3.70. The van der Waals surface area contributed by atoms with Crippen molar-refractivity contribution in [3.63, 3.8) is 0 Å². The molecule has 0 spiro atoms. The topological polar surface area (TPSA) is 29.3 Å². The highest BCUT2D eigenvalue weighted by Crippen LogP contribution is 2.15. The monoisotopic (exact) mass is 209 g/mol. The zero-order valence-corrected chi connectivity index (χ0v) is 8.67. The van der Waals surface area contributed by atoms with Crippen molar-refractivity contribution in [3.8, 4) is 0 Å². The summed E-state index contributed by atoms with van der Waals surface area (Å²) in [6, 6.07) is 16.0. The lowest BCUT2D eigenvalue weighted by molar-refractivity contribution is 1.19. The fraction of sp³-hybridized carbons (Fsp3) is 0. The first-order chi connectivity index (χ1) is 7.92. The Morgan fingerprint density at radius 1 is 0.938 bits per heavy atom. The first-order valence-corrected chi connectivity index (χ1v) is 5.18. The van der Waals surface area contributed by atoms with Gasteiger partial charge in [0.15, 0.2) is 0 Å². The summed E-state index contributed by atoms with van der Waals surface area (Å²) >= 11 is 0. The second-order valence-electron chi connectivity index (χ2n) is 3.58. The molecule has 3 aromatic rings. The molecule has 0 radical (unpaired) electrons. The van der Waals surface area contributed by atoms with Crippen LogP contribution in [0.1, 0.15) is 0 Å². The van der Waals surface area contributed by atoms with E-state index in [9.17, 15) is 0 Å². The summed E-state index contributed by atoms with van der Waals surface area (Å²) in [5.74, 6) is 0.859. The van der Waals surface area contributed by atoms with E-state index in [1.807, 2.05) is 65.3 Å². The molecule has 3 rings (SSSR count). The lowest BCUT2D eigenvalue weighted by Crippen LogP contribution is -1.88. The van der Waals surface area contributed by atoms with Crippen LogP contribution in [0, 0.1) is 0 Å². The van der Waals surface area contributed by atoms with Gasteiger partial charge in [0.2, 0.25) is 0 Å². The Morgan fingerprint density at radius 3 is 2.56 bits per heavy atom. The van der Waals surface area contributed by atoms with E-state index < -0.39 is 0 Å². The average molecular weight is 209 g/mol. The summed E-state index contributed by atoms with van der Waals surface area (Å²) < 4.78 is 1.99. The van der Waals surface area contributed by atoms with E-state index in [-0.39, 0.29) is 0 Å². The summed E-state index contributed by atoms with van der Waals surface area (Å²) in [7, 11) is 0. The molecule has 78 valence electrons. The number of anilines is 2. The number of aromatic nitrogens is 2. The van der Waals surface area contributed by atoms with E-state index >= 15 is 0 Å². The van der Waals surface area contributed by atoms with Crippen LogP contribution >= 0.6 is 0 Å². The number of nitrogens with one attached hydrogen (secondary N) is 1. The lowest BCUT2D eigenvalue weighted by Gasteiger charge is -2.00. The molecule has 0 saturated heterocycles. The SMILES string of the molecule is c1ccc(Nc2cn3ccccc3n2)cc1. The third-order valence-corrected chi connectivity index (χ3v) is 2.41. The molecule has 0 aliphatic rings. The molecule has 0 atom stereocenters. The van der Waals surface area contributed by atoms with Crippen LogP contribution in [-0.2, 0) is 0 Å². The fourth-order valence-corrected chi connectivity index (χ4v) is 1.66. The number of hydrogen-bond acceptors (Lipinski definition) is 2. The number of fused-ring (bicyclic) bond motifs is 1. The summed E-state index contributed by atoms with van der Waals surface area (Å²) in [4.78, 5) is 4.46. The molecule has 2 aromatic heterocycles. The number of nitrogens with zero attached hydrogens (tertiary/aromatic N) is 2. The lowest BCUT2D eigenvalue weighted by atomic mass is 10.3. The first kappa shape index (κ1) is 8.97. The van der Waals surface area contributed by atoms with E-state index in [1.54, 1.807) is 0 Å². The van der Waals surface area contributed by atoms with Crippen molar-refractivity contribution < 1.29 is 0 Å². The van der Waals surface area contributed by atoms with Crippen molar-refractivity contribution in [3.05, 3.63) is 60.9 Å². The maximum Gasteiger partial charge on any atom is 0.149 e. The normalized spacial score (nSPS) is 10.5. The van der Waals surface area contributed by atoms with Gasteiger partial charge in [0.1, 0.15) is 11.5 Å². The van der Waals surface area contributed by atoms with Gasteiger partial charge in [0, 0.05) is 11.9 Å². The standard InChI is InChI=1S/C13H11N3/c1-2-6-11(7-3-1)14-12-10-16-9-5-4-8-13(16)15-12/h1-10,14H. The van der Waals surface area contributed by atoms with Gasteiger partial charge < -0.3 is 9.72 Å². The number of benzene rings is 1. The first-order valence-electron chi connectivity index (χ1n) is 5.18. The van der Waals surface area contributed by atoms with Crippen molar-refractivity contribution in [2.75, 3.05) is 5.32 Å². The predicted molar refractivity (Wildman–Crippen MR) is 64.9 cm³/mol. The van der Waals surface area contributed by atoms with Crippen LogP contribution in [0.25, 0.3) is 5.65 Å². The van der Waals surface area contributed by atoms with E-state index in [0.717, 1.165) is 17.2 Å². The number of para-hydroxylation sites is 1. The minimum absolute atomic E-state index is 0.859. The molecule has 0 fully saturated rings. The van der Waals surface area contributed by atoms with Gasteiger partial charge >= 0.3 is 0 Å². The highest BCUT2D eigenvalue weighted by molar-refractivity contribution is 5.58. The molecule has 1 N–H and O–H groups in total. The summed E-state index contributed by atoms with van der Waals surface area (Å²) in [5.41, 5.74) is 1.99. The van der Waals surface area contributed by atoms with Crippen LogP contribution in [0.5, 0.6) is 0 Å². The third kappa shape index (κ3) is 1.63. The number of pyridine rings is 1. The van der Waals surface area contributed by atoms with Gasteiger partial charge in [-0.15, -0.1) is 0 Å². The Morgan fingerprint density at radius 2 is 1.75 bits per heavy atom. The maximum absolute atomic E-state index is 4.46. The van der Waals surface area contributed by atoms with E-state index in [0.29, 0.717) is 0 Å². The molecule has 0 amide bonds. The summed E-state index contributed by atoms with van der Waals surface area (Å²) in [5, 5.41) is 3.26. The average Bonchev–Trinajstić information content (AvgIpc) is 2.72. The molecule has 3 nitrogen and oxygen atoms in total. The molecule has 0 aliphatic heterocycles. The van der Waals surface area contributed by atoms with Crippen LogP contribution in [-0.4, -0.2) is 9.38 Å². The molecule has 0 saturated carbocycles. The van der Waals surface area contributed by atoms with Crippen molar-refractivity contribution in [2.24, 2.45) is 0 Å². The van der Waals surface area contributed by atoms with E-state index in [1.165, 1.54) is 0 Å². The molecule has 2 heterocycles. The largest absolute Gasteiger partial charge is 0.339 e. The molecule has 3 heteroatoms. The van der Waals surface area contributed by atoms with Crippen LogP contribution in [0.2, 0.25) is 0 Å². The van der Waals surface area contributed by atoms with Gasteiger partial charge in [-0.25, -0.2) is 4.98 Å². The Hall–Kier alpha value is -2.29. The summed E-state index contributed by atoms with van der Waals surface area (Å²) in [6.07, 6.45) is 3.96. The predicted octanol–water partition coefficient (Wildman–Crippen LogP) is 3.08. The Bertz CT molecular complexity index is 566. The zero-order chi connectivity index (χ0) is 10.8. The van der Waals surface area contributed by atoms with Crippen LogP contribution in [0.4, 0.5) is 11.5 Å². The highest BCUT2D eigenvalue weighted by atomic mass is 15.1. The minimum Gasteiger partial charge on any atom is -0.339 e. The molecule has 16 heavy (non-hydrogen) atoms. The molecule has 1 aromatic carbocycles. The van der Waals surface area contributed by atoms with Crippen molar-refractivity contribution >= 4 is 17.2 Å². The van der Waals surface area contributed by atoms with Crippen LogP contribution in [0.15, 0.2) is 60.9 Å². The Labute approximate surface area is 93.4 Å². The van der Waals surface area contributed by atoms with Crippen LogP contribution < -0.4 is 5.32 Å². The maximum atomic E-state index is 4.46. The van der Waals surface area contributed by atoms with Gasteiger partial charge in [-0.05, 0) is 24.3 Å². The van der Waals surface area contributed by atoms with Crippen molar-refractivity contribution in [2.45, 2.75) is 0 Å². The number of imidazole rings is 1.